The number of azide groups is 2. The summed E-state index contributed by atoms with van der Waals surface area (Å²) in [6.45, 7) is 3.35. The molecule has 1 saturated carbocycles. The van der Waals surface area contributed by atoms with Crippen LogP contribution in [-0.4, -0.2) is 48.3 Å². The molecule has 12 heteroatoms. The van der Waals surface area contributed by atoms with Crippen LogP contribution in [0.1, 0.15) is 27.2 Å². The van der Waals surface area contributed by atoms with E-state index < -0.39 is 48.3 Å². The van der Waals surface area contributed by atoms with Crippen molar-refractivity contribution in [3.8, 4) is 0 Å². The molecule has 0 heterocycles. The maximum absolute atomic E-state index is 11.4. The molecule has 0 radical (unpaired) electrons. The average molecular weight is 340 g/mol. The fourth-order valence-electron chi connectivity index (χ4n) is 2.50. The van der Waals surface area contributed by atoms with Gasteiger partial charge in [-0.25, -0.2) is 0 Å². The topological polar surface area (TPSA) is 176 Å². The number of esters is 3. The molecule has 1 rings (SSSR count). The molecule has 1 fully saturated rings. The summed E-state index contributed by atoms with van der Waals surface area (Å²) >= 11 is 0. The Kier molecular flexibility index (Phi) is 6.84. The number of nitrogens with zero attached hydrogens (tertiary/aromatic N) is 6. The van der Waals surface area contributed by atoms with Gasteiger partial charge in [0.2, 0.25) is 0 Å². The van der Waals surface area contributed by atoms with E-state index in [-0.39, 0.29) is 6.42 Å². The maximum atomic E-state index is 11.4. The van der Waals surface area contributed by atoms with E-state index in [9.17, 15) is 14.4 Å². The third kappa shape index (κ3) is 5.04. The minimum absolute atomic E-state index is 0.0538. The van der Waals surface area contributed by atoms with E-state index in [1.807, 2.05) is 0 Å². The molecule has 12 nitrogen and oxygen atoms in total. The third-order valence-corrected chi connectivity index (χ3v) is 3.20. The van der Waals surface area contributed by atoms with Crippen LogP contribution < -0.4 is 0 Å². The standard InChI is InChI=1S/C12H16N6O6/c1-5(19)22-10-8(15-17-13)4-9(16-18-14)11(23-6(2)20)12(10)24-7(3)21/h8-12H,4H2,1-3H3/t8-,9+,10+,11-,12?. The Morgan fingerprint density at radius 2 is 1.12 bits per heavy atom. The molecular formula is C12H16N6O6. The minimum atomic E-state index is -1.28. The van der Waals surface area contributed by atoms with E-state index in [0.29, 0.717) is 0 Å². The van der Waals surface area contributed by atoms with Crippen LogP contribution in [0.3, 0.4) is 0 Å². The summed E-state index contributed by atoms with van der Waals surface area (Å²) in [5.41, 5.74) is 17.4. The Balaban J connectivity index is 3.34. The van der Waals surface area contributed by atoms with Crippen molar-refractivity contribution in [2.75, 3.05) is 0 Å². The minimum Gasteiger partial charge on any atom is -0.458 e. The lowest BCUT2D eigenvalue weighted by atomic mass is 9.84. The van der Waals surface area contributed by atoms with Gasteiger partial charge in [-0.2, -0.15) is 0 Å². The summed E-state index contributed by atoms with van der Waals surface area (Å²) in [6, 6.07) is -1.93. The van der Waals surface area contributed by atoms with E-state index in [0.717, 1.165) is 20.8 Å². The number of carbonyl (C=O) groups is 3. The first kappa shape index (κ1) is 19.1. The molecule has 5 atom stereocenters. The van der Waals surface area contributed by atoms with Crippen LogP contribution in [0.2, 0.25) is 0 Å². The summed E-state index contributed by atoms with van der Waals surface area (Å²) < 4.78 is 15.3. The van der Waals surface area contributed by atoms with E-state index in [2.05, 4.69) is 20.1 Å². The van der Waals surface area contributed by atoms with Crippen LogP contribution in [0.4, 0.5) is 0 Å². The van der Waals surface area contributed by atoms with E-state index >= 15 is 0 Å². The molecule has 0 aromatic heterocycles. The summed E-state index contributed by atoms with van der Waals surface area (Å²) in [5.74, 6) is -2.16. The van der Waals surface area contributed by atoms with Crippen LogP contribution in [0.25, 0.3) is 20.9 Å². The molecule has 0 amide bonds. The maximum Gasteiger partial charge on any atom is 0.303 e. The number of hydrogen-bond acceptors (Lipinski definition) is 8. The second kappa shape index (κ2) is 8.61. The van der Waals surface area contributed by atoms with Gasteiger partial charge in [0.1, 0.15) is 0 Å². The number of ether oxygens (including phenoxy) is 3. The molecule has 0 spiro atoms. The van der Waals surface area contributed by atoms with Crippen molar-refractivity contribution < 1.29 is 28.6 Å². The molecule has 130 valence electrons. The largest absolute Gasteiger partial charge is 0.458 e. The van der Waals surface area contributed by atoms with Gasteiger partial charge < -0.3 is 14.2 Å². The van der Waals surface area contributed by atoms with Crippen LogP contribution in [0, 0.1) is 0 Å². The fraction of sp³-hybridized carbons (Fsp3) is 0.750. The monoisotopic (exact) mass is 340 g/mol. The third-order valence-electron chi connectivity index (χ3n) is 3.20. The Morgan fingerprint density at radius 3 is 1.42 bits per heavy atom. The molecule has 24 heavy (non-hydrogen) atoms. The predicted molar refractivity (Wildman–Crippen MR) is 77.1 cm³/mol. The Hall–Kier alpha value is -2.97. The molecule has 1 aliphatic rings. The molecule has 0 aromatic carbocycles. The van der Waals surface area contributed by atoms with Gasteiger partial charge in [-0.1, -0.05) is 10.2 Å². The van der Waals surface area contributed by atoms with Gasteiger partial charge in [0.25, 0.3) is 0 Å². The van der Waals surface area contributed by atoms with Crippen molar-refractivity contribution >= 4 is 17.9 Å². The summed E-state index contributed by atoms with van der Waals surface area (Å²) in [5, 5.41) is 7.02. The first-order valence-electron chi connectivity index (χ1n) is 6.90. The quantitative estimate of drug-likeness (QED) is 0.241. The molecule has 0 aromatic rings. The highest BCUT2D eigenvalue weighted by atomic mass is 16.6. The molecule has 1 aliphatic carbocycles. The average Bonchev–Trinajstić information content (AvgIpc) is 2.45. The highest BCUT2D eigenvalue weighted by Crippen LogP contribution is 2.32. The zero-order valence-corrected chi connectivity index (χ0v) is 13.2. The molecule has 0 bridgehead atoms. The van der Waals surface area contributed by atoms with Crippen molar-refractivity contribution in [3.05, 3.63) is 20.9 Å². The molecule has 0 aliphatic heterocycles. The van der Waals surface area contributed by atoms with E-state index in [4.69, 9.17) is 25.3 Å². The lowest BCUT2D eigenvalue weighted by Crippen LogP contribution is -2.58. The first-order chi connectivity index (χ1) is 11.3. The number of hydrogen-bond donors (Lipinski definition) is 0. The van der Waals surface area contributed by atoms with Crippen molar-refractivity contribution in [3.63, 3.8) is 0 Å². The second-order valence-corrected chi connectivity index (χ2v) is 5.00. The van der Waals surface area contributed by atoms with Crippen molar-refractivity contribution in [1.29, 1.82) is 0 Å². The van der Waals surface area contributed by atoms with Crippen LogP contribution in [-0.2, 0) is 28.6 Å². The van der Waals surface area contributed by atoms with Crippen molar-refractivity contribution in [2.24, 2.45) is 10.2 Å². The van der Waals surface area contributed by atoms with Crippen LogP contribution >= 0.6 is 0 Å². The van der Waals surface area contributed by atoms with Gasteiger partial charge in [0.15, 0.2) is 18.3 Å². The first-order valence-corrected chi connectivity index (χ1v) is 6.90. The highest BCUT2D eigenvalue weighted by Gasteiger charge is 2.50. The molecular weight excluding hydrogens is 324 g/mol. The molecule has 1 unspecified atom stereocenters. The van der Waals surface area contributed by atoms with Crippen LogP contribution in [0.15, 0.2) is 10.2 Å². The predicted octanol–water partition coefficient (Wildman–Crippen LogP) is 1.54. The van der Waals surface area contributed by atoms with Crippen LogP contribution in [0.5, 0.6) is 0 Å². The normalized spacial score (nSPS) is 28.5. The summed E-state index contributed by atoms with van der Waals surface area (Å²) in [6.07, 6.45) is -3.70. The zero-order valence-electron chi connectivity index (χ0n) is 13.2. The molecule has 0 saturated heterocycles. The van der Waals surface area contributed by atoms with Crippen molar-refractivity contribution in [2.45, 2.75) is 57.6 Å². The van der Waals surface area contributed by atoms with E-state index in [1.165, 1.54) is 0 Å². The van der Waals surface area contributed by atoms with E-state index in [1.54, 1.807) is 0 Å². The van der Waals surface area contributed by atoms with Gasteiger partial charge in [0, 0.05) is 30.6 Å². The van der Waals surface area contributed by atoms with Crippen molar-refractivity contribution in [1.82, 2.24) is 0 Å². The summed E-state index contributed by atoms with van der Waals surface area (Å²) in [7, 11) is 0. The Bertz CT molecular complexity index is 567. The summed E-state index contributed by atoms with van der Waals surface area (Å²) in [4.78, 5) is 39.4. The number of carbonyl (C=O) groups excluding carboxylic acids is 3. The molecule has 0 N–H and O–H groups in total. The SMILES string of the molecule is CC(=O)OC1[C@@H](OC(C)=O)[C@H](N=[N+]=[N-])C[C@H](N=[N+]=[N-])[C@H]1OC(C)=O. The smallest absolute Gasteiger partial charge is 0.303 e. The highest BCUT2D eigenvalue weighted by molar-refractivity contribution is 5.68. The van der Waals surface area contributed by atoms with Gasteiger partial charge in [-0.15, -0.1) is 0 Å². The fourth-order valence-corrected chi connectivity index (χ4v) is 2.50. The zero-order chi connectivity index (χ0) is 18.3. The second-order valence-electron chi connectivity index (χ2n) is 5.00. The lowest BCUT2D eigenvalue weighted by Gasteiger charge is -2.41. The van der Waals surface area contributed by atoms with Gasteiger partial charge in [0.05, 0.1) is 12.1 Å². The van der Waals surface area contributed by atoms with Gasteiger partial charge in [-0.3, -0.25) is 14.4 Å². The lowest BCUT2D eigenvalue weighted by molar-refractivity contribution is -0.193. The van der Waals surface area contributed by atoms with Gasteiger partial charge >= 0.3 is 17.9 Å². The Morgan fingerprint density at radius 1 is 0.792 bits per heavy atom. The Labute approximate surface area is 136 Å². The van der Waals surface area contributed by atoms with Gasteiger partial charge in [-0.05, 0) is 17.5 Å². The number of rotatable bonds is 5.